The largest absolute Gasteiger partial charge is 0.492 e. The van der Waals surface area contributed by atoms with Gasteiger partial charge >= 0.3 is 5.97 Å². The lowest BCUT2D eigenvalue weighted by atomic mass is 9.89. The summed E-state index contributed by atoms with van der Waals surface area (Å²) in [4.78, 5) is 26.1. The van der Waals surface area contributed by atoms with E-state index < -0.39 is 28.4 Å². The van der Waals surface area contributed by atoms with Crippen molar-refractivity contribution in [2.45, 2.75) is 30.9 Å². The minimum atomic E-state index is -1.35. The van der Waals surface area contributed by atoms with E-state index in [4.69, 9.17) is 4.74 Å². The van der Waals surface area contributed by atoms with Crippen LogP contribution in [0.4, 0.5) is 10.1 Å². The van der Waals surface area contributed by atoms with Crippen LogP contribution in [-0.2, 0) is 0 Å². The Bertz CT molecular complexity index is 1200. The number of aliphatic hydroxyl groups is 2. The smallest absolute Gasteiger partial charge is 0.341 e. The molecule has 3 N–H and O–H groups in total. The van der Waals surface area contributed by atoms with Crippen molar-refractivity contribution in [3.63, 3.8) is 0 Å². The third kappa shape index (κ3) is 2.87. The maximum Gasteiger partial charge on any atom is 0.341 e. The highest BCUT2D eigenvalue weighted by atomic mass is 19.1. The average Bonchev–Trinajstić information content (AvgIpc) is 3.42. The van der Waals surface area contributed by atoms with E-state index in [9.17, 15) is 24.9 Å². The SMILES string of the molecule is COc1c(N2CC3=CCC(O)(CO)C3C2)c(F)cc2c(=O)c(C(=O)O)cn(C3CC3)c12. The number of aromatic nitrogens is 1. The predicted octanol–water partition coefficient (Wildman–Crippen LogP) is 1.67. The van der Waals surface area contributed by atoms with Gasteiger partial charge in [0.05, 0.1) is 30.2 Å². The van der Waals surface area contributed by atoms with Crippen LogP contribution in [0.3, 0.4) is 0 Å². The van der Waals surface area contributed by atoms with Crippen molar-refractivity contribution < 1.29 is 29.2 Å². The average molecular weight is 430 g/mol. The van der Waals surface area contributed by atoms with Crippen LogP contribution in [0, 0.1) is 11.7 Å². The summed E-state index contributed by atoms with van der Waals surface area (Å²) in [5, 5.41) is 29.7. The van der Waals surface area contributed by atoms with Crippen molar-refractivity contribution in [2.75, 3.05) is 31.7 Å². The van der Waals surface area contributed by atoms with Crippen LogP contribution in [0.2, 0.25) is 0 Å². The molecule has 2 aromatic rings. The molecule has 2 aliphatic carbocycles. The minimum absolute atomic E-state index is 0.0218. The molecule has 0 bridgehead atoms. The molecule has 164 valence electrons. The van der Waals surface area contributed by atoms with Crippen LogP contribution in [0.5, 0.6) is 5.75 Å². The lowest BCUT2D eigenvalue weighted by molar-refractivity contribution is -0.0344. The number of rotatable bonds is 5. The van der Waals surface area contributed by atoms with E-state index in [0.717, 1.165) is 24.5 Å². The Morgan fingerprint density at radius 1 is 1.39 bits per heavy atom. The molecule has 31 heavy (non-hydrogen) atoms. The van der Waals surface area contributed by atoms with Gasteiger partial charge in [-0.15, -0.1) is 0 Å². The summed E-state index contributed by atoms with van der Waals surface area (Å²) in [5.41, 5.74) is -0.945. The van der Waals surface area contributed by atoms with Crippen LogP contribution in [0.1, 0.15) is 35.7 Å². The Labute approximate surface area is 176 Å². The summed E-state index contributed by atoms with van der Waals surface area (Å²) in [6.07, 6.45) is 5.21. The second-order valence-corrected chi connectivity index (χ2v) is 8.63. The predicted molar refractivity (Wildman–Crippen MR) is 110 cm³/mol. The molecule has 0 amide bonds. The number of anilines is 1. The van der Waals surface area contributed by atoms with Gasteiger partial charge in [0.2, 0.25) is 5.43 Å². The fraction of sp³-hybridized carbons (Fsp3) is 0.455. The van der Waals surface area contributed by atoms with Gasteiger partial charge in [-0.1, -0.05) is 6.08 Å². The molecule has 2 atom stereocenters. The molecular weight excluding hydrogens is 407 g/mol. The van der Waals surface area contributed by atoms with Crippen molar-refractivity contribution >= 4 is 22.6 Å². The molecule has 5 rings (SSSR count). The zero-order valence-electron chi connectivity index (χ0n) is 17.0. The molecular formula is C22H23FN2O6. The number of aromatic carboxylic acids is 1. The van der Waals surface area contributed by atoms with Gasteiger partial charge in [0, 0.05) is 31.2 Å². The zero-order valence-corrected chi connectivity index (χ0v) is 17.0. The summed E-state index contributed by atoms with van der Waals surface area (Å²) >= 11 is 0. The first-order chi connectivity index (χ1) is 14.8. The topological polar surface area (TPSA) is 112 Å². The molecule has 2 unspecified atom stereocenters. The van der Waals surface area contributed by atoms with Gasteiger partial charge in [0.25, 0.3) is 0 Å². The van der Waals surface area contributed by atoms with Gasteiger partial charge in [-0.05, 0) is 30.9 Å². The van der Waals surface area contributed by atoms with Crippen molar-refractivity contribution in [2.24, 2.45) is 5.92 Å². The molecule has 1 aromatic heterocycles. The zero-order chi connectivity index (χ0) is 22.1. The number of carboxylic acids is 1. The molecule has 3 aliphatic rings. The number of nitrogens with zero attached hydrogens (tertiary/aromatic N) is 2. The molecule has 1 aliphatic heterocycles. The fourth-order valence-corrected chi connectivity index (χ4v) is 4.97. The number of methoxy groups -OCH3 is 1. The molecule has 1 aromatic carbocycles. The van der Waals surface area contributed by atoms with Gasteiger partial charge in [-0.3, -0.25) is 4.79 Å². The highest BCUT2D eigenvalue weighted by Gasteiger charge is 2.47. The molecule has 9 heteroatoms. The second-order valence-electron chi connectivity index (χ2n) is 8.63. The summed E-state index contributed by atoms with van der Waals surface area (Å²) in [6, 6.07) is 1.11. The lowest BCUT2D eigenvalue weighted by Gasteiger charge is -2.29. The van der Waals surface area contributed by atoms with Crippen molar-refractivity contribution in [1.82, 2.24) is 4.57 Å². The van der Waals surface area contributed by atoms with Gasteiger partial charge in [-0.2, -0.15) is 0 Å². The molecule has 8 nitrogen and oxygen atoms in total. The third-order valence-electron chi connectivity index (χ3n) is 6.75. The quantitative estimate of drug-likeness (QED) is 0.619. The van der Waals surface area contributed by atoms with Crippen LogP contribution in [0.25, 0.3) is 10.9 Å². The number of pyridine rings is 1. The first kappa shape index (κ1) is 20.0. The van der Waals surface area contributed by atoms with Crippen LogP contribution in [0.15, 0.2) is 28.7 Å². The number of hydrogen-bond donors (Lipinski definition) is 3. The van der Waals surface area contributed by atoms with Gasteiger partial charge in [0.15, 0.2) is 11.6 Å². The Morgan fingerprint density at radius 3 is 2.74 bits per heavy atom. The summed E-state index contributed by atoms with van der Waals surface area (Å²) in [7, 11) is 1.39. The van der Waals surface area contributed by atoms with Gasteiger partial charge in [-0.25, -0.2) is 9.18 Å². The fourth-order valence-electron chi connectivity index (χ4n) is 4.97. The third-order valence-corrected chi connectivity index (χ3v) is 6.75. The molecule has 0 radical (unpaired) electrons. The Kier molecular flexibility index (Phi) is 4.39. The summed E-state index contributed by atoms with van der Waals surface area (Å²) < 4.78 is 22.7. The van der Waals surface area contributed by atoms with E-state index in [2.05, 4.69) is 0 Å². The Balaban J connectivity index is 1.71. The van der Waals surface area contributed by atoms with Crippen LogP contribution in [-0.4, -0.2) is 58.3 Å². The molecule has 1 saturated heterocycles. The molecule has 2 fully saturated rings. The molecule has 2 heterocycles. The maximum absolute atomic E-state index is 15.4. The number of hydrogen-bond acceptors (Lipinski definition) is 6. The van der Waals surface area contributed by atoms with Crippen molar-refractivity contribution in [3.8, 4) is 5.75 Å². The van der Waals surface area contributed by atoms with Crippen molar-refractivity contribution in [3.05, 3.63) is 45.5 Å². The summed E-state index contributed by atoms with van der Waals surface area (Å²) in [6.45, 7) is 0.275. The number of aliphatic hydroxyl groups excluding tert-OH is 1. The normalized spacial score (nSPS) is 25.1. The van der Waals surface area contributed by atoms with E-state index in [1.165, 1.54) is 13.3 Å². The lowest BCUT2D eigenvalue weighted by Crippen LogP contribution is -2.40. The monoisotopic (exact) mass is 430 g/mol. The van der Waals surface area contributed by atoms with E-state index >= 15 is 4.39 Å². The second kappa shape index (κ2) is 6.80. The van der Waals surface area contributed by atoms with Gasteiger partial charge < -0.3 is 29.5 Å². The Hall–Kier alpha value is -2.91. The van der Waals surface area contributed by atoms with E-state index in [1.807, 2.05) is 6.08 Å². The number of halogens is 1. The molecule has 0 spiro atoms. The summed E-state index contributed by atoms with van der Waals surface area (Å²) in [5.74, 6) is -2.20. The number of carboxylic acid groups (broad SMARTS) is 1. The standard InChI is InChI=1S/C22H23FN2O6/c1-31-20-17-13(19(27)14(21(28)29)8-25(17)12-2-3-12)6-16(23)18(20)24-7-11-4-5-22(30,10-26)15(11)9-24/h4,6,8,12,15,26,30H,2-3,5,7,9-10H2,1H3,(H,28,29). The van der Waals surface area contributed by atoms with E-state index in [-0.39, 0.29) is 35.4 Å². The van der Waals surface area contributed by atoms with E-state index in [1.54, 1.807) is 9.47 Å². The first-order valence-corrected chi connectivity index (χ1v) is 10.2. The van der Waals surface area contributed by atoms with E-state index in [0.29, 0.717) is 25.0 Å². The number of ether oxygens (including phenoxy) is 1. The van der Waals surface area contributed by atoms with Crippen LogP contribution < -0.4 is 15.1 Å². The van der Waals surface area contributed by atoms with Crippen molar-refractivity contribution in [1.29, 1.82) is 0 Å². The van der Waals surface area contributed by atoms with Crippen LogP contribution >= 0.6 is 0 Å². The van der Waals surface area contributed by atoms with Gasteiger partial charge in [0.1, 0.15) is 11.3 Å². The number of benzene rings is 1. The number of carbonyl (C=O) groups is 1. The number of fused-ring (bicyclic) bond motifs is 2. The Morgan fingerprint density at radius 2 is 2.13 bits per heavy atom. The first-order valence-electron chi connectivity index (χ1n) is 10.2. The highest BCUT2D eigenvalue weighted by Crippen LogP contribution is 2.47. The highest BCUT2D eigenvalue weighted by molar-refractivity contribution is 5.97. The minimum Gasteiger partial charge on any atom is -0.492 e. The molecule has 1 saturated carbocycles. The maximum atomic E-state index is 15.4.